The maximum atomic E-state index is 3.89. The van der Waals surface area contributed by atoms with Crippen molar-refractivity contribution < 1.29 is 0 Å². The summed E-state index contributed by atoms with van der Waals surface area (Å²) in [5, 5.41) is 12.1. The Labute approximate surface area is 98.4 Å². The van der Waals surface area contributed by atoms with E-state index in [9.17, 15) is 0 Å². The molecule has 0 saturated heterocycles. The number of rotatable bonds is 4. The van der Waals surface area contributed by atoms with Gasteiger partial charge in [0.1, 0.15) is 0 Å². The number of tetrazole rings is 1. The standard InChI is InChI=1S/C11H12N4S/c1-15-11(12-13-14-15)16-9-5-8-10-6-3-2-4-7-10/h2-8H,9H2,1H3. The Bertz CT molecular complexity index is 464. The third kappa shape index (κ3) is 2.93. The molecule has 0 atom stereocenters. The molecule has 5 heteroatoms. The van der Waals surface area contributed by atoms with E-state index in [1.165, 1.54) is 5.56 Å². The van der Waals surface area contributed by atoms with Gasteiger partial charge < -0.3 is 0 Å². The highest BCUT2D eigenvalue weighted by Crippen LogP contribution is 2.12. The van der Waals surface area contributed by atoms with Gasteiger partial charge in [-0.2, -0.15) is 0 Å². The maximum Gasteiger partial charge on any atom is 0.209 e. The zero-order chi connectivity index (χ0) is 11.2. The molecule has 1 aromatic heterocycles. The average molecular weight is 232 g/mol. The minimum absolute atomic E-state index is 0.831. The van der Waals surface area contributed by atoms with Crippen molar-refractivity contribution in [2.45, 2.75) is 5.16 Å². The van der Waals surface area contributed by atoms with Gasteiger partial charge in [0, 0.05) is 12.8 Å². The highest BCUT2D eigenvalue weighted by Gasteiger charge is 1.99. The number of hydrogen-bond donors (Lipinski definition) is 0. The summed E-state index contributed by atoms with van der Waals surface area (Å²) in [5.74, 6) is 0.864. The fourth-order valence-electron chi connectivity index (χ4n) is 1.21. The quantitative estimate of drug-likeness (QED) is 0.756. The topological polar surface area (TPSA) is 43.6 Å². The van der Waals surface area contributed by atoms with Crippen LogP contribution in [0.15, 0.2) is 41.6 Å². The lowest BCUT2D eigenvalue weighted by Gasteiger charge is -1.94. The molecule has 0 unspecified atom stereocenters. The summed E-state index contributed by atoms with van der Waals surface area (Å²) in [4.78, 5) is 0. The highest BCUT2D eigenvalue weighted by molar-refractivity contribution is 7.99. The van der Waals surface area contributed by atoms with Gasteiger partial charge in [-0.3, -0.25) is 0 Å². The van der Waals surface area contributed by atoms with Crippen LogP contribution < -0.4 is 0 Å². The van der Waals surface area contributed by atoms with Gasteiger partial charge in [-0.05, 0) is 16.0 Å². The number of hydrogen-bond acceptors (Lipinski definition) is 4. The fourth-order valence-corrected chi connectivity index (χ4v) is 1.87. The molecule has 1 aromatic carbocycles. The predicted octanol–water partition coefficient (Wildman–Crippen LogP) is 2.02. The average Bonchev–Trinajstić information content (AvgIpc) is 2.72. The summed E-state index contributed by atoms with van der Waals surface area (Å²) in [5.41, 5.74) is 1.21. The van der Waals surface area contributed by atoms with E-state index >= 15 is 0 Å². The SMILES string of the molecule is Cn1nnnc1SCC=Cc1ccccc1. The van der Waals surface area contributed by atoms with Crippen molar-refractivity contribution in [3.05, 3.63) is 42.0 Å². The molecule has 0 fully saturated rings. The second-order valence-electron chi connectivity index (χ2n) is 3.21. The van der Waals surface area contributed by atoms with Gasteiger partial charge in [-0.1, -0.05) is 54.2 Å². The van der Waals surface area contributed by atoms with E-state index in [1.54, 1.807) is 16.4 Å². The minimum Gasteiger partial charge on any atom is -0.224 e. The maximum absolute atomic E-state index is 3.89. The Balaban J connectivity index is 1.85. The van der Waals surface area contributed by atoms with Crippen LogP contribution in [0, 0.1) is 0 Å². The van der Waals surface area contributed by atoms with Crippen LogP contribution >= 0.6 is 11.8 Å². The summed E-state index contributed by atoms with van der Waals surface area (Å²) >= 11 is 1.61. The molecule has 0 spiro atoms. The molecule has 0 bridgehead atoms. The van der Waals surface area contributed by atoms with Crippen LogP contribution in [-0.2, 0) is 7.05 Å². The van der Waals surface area contributed by atoms with Crippen LogP contribution in [0.2, 0.25) is 0 Å². The summed E-state index contributed by atoms with van der Waals surface area (Å²) in [6.07, 6.45) is 4.20. The Morgan fingerprint density at radius 1 is 1.31 bits per heavy atom. The van der Waals surface area contributed by atoms with Crippen LogP contribution in [0.25, 0.3) is 6.08 Å². The van der Waals surface area contributed by atoms with E-state index in [1.807, 2.05) is 25.2 Å². The predicted molar refractivity (Wildman–Crippen MR) is 65.0 cm³/mol. The third-order valence-corrected chi connectivity index (χ3v) is 2.96. The summed E-state index contributed by atoms with van der Waals surface area (Å²) in [7, 11) is 1.84. The van der Waals surface area contributed by atoms with E-state index in [-0.39, 0.29) is 0 Å². The first kappa shape index (κ1) is 10.9. The Morgan fingerprint density at radius 3 is 2.81 bits per heavy atom. The van der Waals surface area contributed by atoms with E-state index in [0.29, 0.717) is 0 Å². The monoisotopic (exact) mass is 232 g/mol. The molecule has 1 heterocycles. The number of aromatic nitrogens is 4. The van der Waals surface area contributed by atoms with Crippen molar-refractivity contribution in [1.82, 2.24) is 20.2 Å². The van der Waals surface area contributed by atoms with Crippen LogP contribution in [0.4, 0.5) is 0 Å². The molecular weight excluding hydrogens is 220 g/mol. The Morgan fingerprint density at radius 2 is 2.12 bits per heavy atom. The minimum atomic E-state index is 0.831. The van der Waals surface area contributed by atoms with Gasteiger partial charge in [0.2, 0.25) is 5.16 Å². The van der Waals surface area contributed by atoms with Gasteiger partial charge in [0.25, 0.3) is 0 Å². The lowest BCUT2D eigenvalue weighted by Crippen LogP contribution is -1.92. The van der Waals surface area contributed by atoms with Crippen molar-refractivity contribution >= 4 is 17.8 Å². The first-order valence-electron chi connectivity index (χ1n) is 4.93. The molecule has 0 aliphatic heterocycles. The largest absolute Gasteiger partial charge is 0.224 e. The summed E-state index contributed by atoms with van der Waals surface area (Å²) in [6.45, 7) is 0. The Hall–Kier alpha value is -1.62. The fraction of sp³-hybridized carbons (Fsp3) is 0.182. The number of nitrogens with zero attached hydrogens (tertiary/aromatic N) is 4. The van der Waals surface area contributed by atoms with Gasteiger partial charge >= 0.3 is 0 Å². The van der Waals surface area contributed by atoms with Crippen molar-refractivity contribution in [3.63, 3.8) is 0 Å². The summed E-state index contributed by atoms with van der Waals surface area (Å²) in [6, 6.07) is 10.2. The van der Waals surface area contributed by atoms with Gasteiger partial charge in [0.15, 0.2) is 0 Å². The van der Waals surface area contributed by atoms with E-state index in [4.69, 9.17) is 0 Å². The lowest BCUT2D eigenvalue weighted by atomic mass is 10.2. The smallest absolute Gasteiger partial charge is 0.209 e. The zero-order valence-corrected chi connectivity index (χ0v) is 9.76. The number of benzene rings is 1. The van der Waals surface area contributed by atoms with Crippen molar-refractivity contribution in [3.8, 4) is 0 Å². The molecule has 0 amide bonds. The first-order valence-corrected chi connectivity index (χ1v) is 5.91. The molecule has 82 valence electrons. The van der Waals surface area contributed by atoms with Crippen molar-refractivity contribution in [1.29, 1.82) is 0 Å². The van der Waals surface area contributed by atoms with E-state index < -0.39 is 0 Å². The second-order valence-corrected chi connectivity index (χ2v) is 4.20. The van der Waals surface area contributed by atoms with Crippen molar-refractivity contribution in [2.24, 2.45) is 7.05 Å². The van der Waals surface area contributed by atoms with Gasteiger partial charge in [-0.15, -0.1) is 5.10 Å². The van der Waals surface area contributed by atoms with Crippen molar-refractivity contribution in [2.75, 3.05) is 5.75 Å². The molecule has 4 nitrogen and oxygen atoms in total. The van der Waals surface area contributed by atoms with Gasteiger partial charge in [0.05, 0.1) is 0 Å². The summed E-state index contributed by atoms with van der Waals surface area (Å²) < 4.78 is 1.67. The molecule has 0 radical (unpaired) electrons. The molecular formula is C11H12N4S. The third-order valence-electron chi connectivity index (χ3n) is 2.00. The first-order chi connectivity index (χ1) is 7.86. The van der Waals surface area contributed by atoms with Crippen LogP contribution in [-0.4, -0.2) is 26.0 Å². The molecule has 2 rings (SSSR count). The lowest BCUT2D eigenvalue weighted by molar-refractivity contribution is 0.665. The molecule has 2 aromatic rings. The van der Waals surface area contributed by atoms with Crippen LogP contribution in [0.1, 0.15) is 5.56 Å². The molecule has 0 saturated carbocycles. The van der Waals surface area contributed by atoms with Crippen LogP contribution in [0.5, 0.6) is 0 Å². The van der Waals surface area contributed by atoms with Gasteiger partial charge in [-0.25, -0.2) is 4.68 Å². The second kappa shape index (κ2) is 5.46. The molecule has 0 aliphatic rings. The molecule has 0 N–H and O–H groups in total. The normalized spacial score (nSPS) is 11.1. The van der Waals surface area contributed by atoms with E-state index in [2.05, 4.69) is 39.8 Å². The van der Waals surface area contributed by atoms with E-state index in [0.717, 1.165) is 10.9 Å². The Kier molecular flexibility index (Phi) is 3.71. The highest BCUT2D eigenvalue weighted by atomic mass is 32.2. The zero-order valence-electron chi connectivity index (χ0n) is 8.95. The molecule has 0 aliphatic carbocycles. The van der Waals surface area contributed by atoms with Crippen LogP contribution in [0.3, 0.4) is 0 Å². The number of thioether (sulfide) groups is 1. The number of aryl methyl sites for hydroxylation is 1. The molecule has 16 heavy (non-hydrogen) atoms.